The van der Waals surface area contributed by atoms with Crippen molar-refractivity contribution in [2.24, 2.45) is 0 Å². The van der Waals surface area contributed by atoms with Crippen LogP contribution in [0, 0.1) is 0 Å². The van der Waals surface area contributed by atoms with Crippen LogP contribution in [0.4, 0.5) is 11.6 Å². The lowest BCUT2D eigenvalue weighted by Crippen LogP contribution is -2.44. The summed E-state index contributed by atoms with van der Waals surface area (Å²) in [5, 5.41) is 14.4. The van der Waals surface area contributed by atoms with E-state index in [1.54, 1.807) is 11.3 Å². The van der Waals surface area contributed by atoms with Crippen LogP contribution in [0.2, 0.25) is 0 Å². The number of morpholine rings is 1. The maximum atomic E-state index is 5.59. The summed E-state index contributed by atoms with van der Waals surface area (Å²) in [7, 11) is 2.17. The van der Waals surface area contributed by atoms with Crippen LogP contribution in [0.3, 0.4) is 0 Å². The molecule has 0 atom stereocenters. The number of pyridine rings is 1. The van der Waals surface area contributed by atoms with Crippen LogP contribution in [-0.4, -0.2) is 84.8 Å². The Bertz CT molecular complexity index is 1090. The maximum absolute atomic E-state index is 5.59. The molecule has 5 heterocycles. The summed E-state index contributed by atoms with van der Waals surface area (Å²) in [6, 6.07) is 0. The highest BCUT2D eigenvalue weighted by molar-refractivity contribution is 7.26. The molecule has 0 saturated carbocycles. The number of aryl methyl sites for hydroxylation is 1. The van der Waals surface area contributed by atoms with Gasteiger partial charge in [-0.2, -0.15) is 0 Å². The van der Waals surface area contributed by atoms with Crippen molar-refractivity contribution in [3.8, 4) is 0 Å². The van der Waals surface area contributed by atoms with Gasteiger partial charge in [-0.25, -0.2) is 4.98 Å². The van der Waals surface area contributed by atoms with Crippen LogP contribution in [0.15, 0.2) is 0 Å². The Morgan fingerprint density at radius 2 is 1.57 bits per heavy atom. The zero-order valence-corrected chi connectivity index (χ0v) is 18.2. The second-order valence-corrected chi connectivity index (χ2v) is 9.56. The van der Waals surface area contributed by atoms with Gasteiger partial charge < -0.3 is 19.4 Å². The average molecular weight is 426 g/mol. The van der Waals surface area contributed by atoms with Gasteiger partial charge in [-0.05, 0) is 49.1 Å². The molecule has 6 rings (SSSR count). The molecular weight excluding hydrogens is 398 g/mol. The maximum Gasteiger partial charge on any atom is 0.172 e. The van der Waals surface area contributed by atoms with E-state index in [0.717, 1.165) is 86.2 Å². The van der Waals surface area contributed by atoms with Crippen LogP contribution in [-0.2, 0) is 17.6 Å². The van der Waals surface area contributed by atoms with E-state index in [2.05, 4.69) is 37.2 Å². The average Bonchev–Trinajstić information content (AvgIpc) is 3.19. The number of aromatic nitrogens is 4. The topological polar surface area (TPSA) is 70.5 Å². The minimum Gasteiger partial charge on any atom is -0.378 e. The molecular formula is C21H27N7OS. The predicted octanol–water partition coefficient (Wildman–Crippen LogP) is 2.10. The molecule has 0 spiro atoms. The molecule has 3 aromatic heterocycles. The van der Waals surface area contributed by atoms with Gasteiger partial charge in [0.05, 0.1) is 13.2 Å². The molecule has 2 saturated heterocycles. The number of anilines is 2. The second-order valence-electron chi connectivity index (χ2n) is 8.56. The van der Waals surface area contributed by atoms with Crippen molar-refractivity contribution in [3.63, 3.8) is 0 Å². The molecule has 2 aliphatic heterocycles. The molecule has 0 unspecified atom stereocenters. The zero-order chi connectivity index (χ0) is 20.1. The van der Waals surface area contributed by atoms with E-state index in [0.29, 0.717) is 0 Å². The number of ether oxygens (including phenoxy) is 1. The van der Waals surface area contributed by atoms with Gasteiger partial charge in [0.1, 0.15) is 20.9 Å². The van der Waals surface area contributed by atoms with Crippen molar-refractivity contribution < 1.29 is 4.74 Å². The van der Waals surface area contributed by atoms with Gasteiger partial charge in [-0.15, -0.1) is 21.5 Å². The van der Waals surface area contributed by atoms with Crippen LogP contribution >= 0.6 is 11.3 Å². The van der Waals surface area contributed by atoms with Crippen LogP contribution < -0.4 is 9.80 Å². The van der Waals surface area contributed by atoms with E-state index < -0.39 is 0 Å². The smallest absolute Gasteiger partial charge is 0.172 e. The Hall–Kier alpha value is -2.10. The zero-order valence-electron chi connectivity index (χ0n) is 17.4. The highest BCUT2D eigenvalue weighted by Gasteiger charge is 2.28. The first-order chi connectivity index (χ1) is 14.8. The van der Waals surface area contributed by atoms with Crippen LogP contribution in [0.1, 0.15) is 24.0 Å². The molecule has 0 bridgehead atoms. The summed E-state index contributed by atoms with van der Waals surface area (Å²) in [6.07, 6.45) is 4.67. The summed E-state index contributed by atoms with van der Waals surface area (Å²) in [5.74, 6) is 2.16. The third kappa shape index (κ3) is 3.02. The molecule has 0 N–H and O–H groups in total. The third-order valence-electron chi connectivity index (χ3n) is 6.71. The molecule has 8 nitrogen and oxygen atoms in total. The molecule has 0 radical (unpaired) electrons. The summed E-state index contributed by atoms with van der Waals surface area (Å²) >= 11 is 1.74. The molecule has 30 heavy (non-hydrogen) atoms. The largest absolute Gasteiger partial charge is 0.378 e. The molecule has 2 fully saturated rings. The monoisotopic (exact) mass is 425 g/mol. The van der Waals surface area contributed by atoms with Crippen molar-refractivity contribution in [2.75, 3.05) is 69.3 Å². The number of fused-ring (bicyclic) bond motifs is 5. The number of nitrogens with zero attached hydrogens (tertiary/aromatic N) is 7. The fraction of sp³-hybridized carbons (Fsp3) is 0.619. The quantitative estimate of drug-likeness (QED) is 0.618. The lowest BCUT2D eigenvalue weighted by molar-refractivity contribution is 0.122. The van der Waals surface area contributed by atoms with Gasteiger partial charge in [-0.1, -0.05) is 0 Å². The highest BCUT2D eigenvalue weighted by atomic mass is 32.1. The Balaban J connectivity index is 1.53. The van der Waals surface area contributed by atoms with Gasteiger partial charge in [0.2, 0.25) is 0 Å². The van der Waals surface area contributed by atoms with Gasteiger partial charge >= 0.3 is 0 Å². The van der Waals surface area contributed by atoms with Crippen LogP contribution in [0.5, 0.6) is 0 Å². The predicted molar refractivity (Wildman–Crippen MR) is 120 cm³/mol. The van der Waals surface area contributed by atoms with Crippen molar-refractivity contribution in [1.82, 2.24) is 25.3 Å². The molecule has 9 heteroatoms. The normalized spacial score (nSPS) is 20.8. The number of hydrogen-bond acceptors (Lipinski definition) is 9. The summed E-state index contributed by atoms with van der Waals surface area (Å²) in [6.45, 7) is 7.45. The molecule has 3 aliphatic rings. The fourth-order valence-corrected chi connectivity index (χ4v) is 6.17. The minimum absolute atomic E-state index is 0.782. The first-order valence-corrected chi connectivity index (χ1v) is 11.8. The molecule has 1 aliphatic carbocycles. The van der Waals surface area contributed by atoms with Crippen molar-refractivity contribution in [3.05, 3.63) is 11.1 Å². The van der Waals surface area contributed by atoms with Crippen molar-refractivity contribution >= 4 is 43.4 Å². The first kappa shape index (κ1) is 18.7. The van der Waals surface area contributed by atoms with E-state index in [1.807, 2.05) is 0 Å². The Morgan fingerprint density at radius 3 is 2.37 bits per heavy atom. The minimum atomic E-state index is 0.782. The lowest BCUT2D eigenvalue weighted by atomic mass is 9.90. The highest BCUT2D eigenvalue weighted by Crippen LogP contribution is 2.43. The number of piperazine rings is 1. The number of hydrogen-bond donors (Lipinski definition) is 0. The van der Waals surface area contributed by atoms with Gasteiger partial charge in [0.15, 0.2) is 5.82 Å². The van der Waals surface area contributed by atoms with Gasteiger partial charge in [0, 0.05) is 44.7 Å². The summed E-state index contributed by atoms with van der Waals surface area (Å²) in [5.41, 5.74) is 3.87. The van der Waals surface area contributed by atoms with Gasteiger partial charge in [-0.3, -0.25) is 0 Å². The van der Waals surface area contributed by atoms with E-state index in [-0.39, 0.29) is 0 Å². The fourth-order valence-electron chi connectivity index (χ4n) is 5.02. The van der Waals surface area contributed by atoms with E-state index in [9.17, 15) is 0 Å². The molecule has 158 valence electrons. The standard InChI is InChI=1S/C21H27N7OS/c1-26-6-8-27(9-7-26)20-18-17(23-25-24-20)16-14-4-2-3-5-15(14)19(22-21(16)30-18)28-10-12-29-13-11-28/h2-13H2,1H3. The van der Waals surface area contributed by atoms with Crippen LogP contribution in [0.25, 0.3) is 20.4 Å². The summed E-state index contributed by atoms with van der Waals surface area (Å²) < 4.78 is 6.73. The number of likely N-dealkylation sites (N-methyl/N-ethyl adjacent to an activating group) is 1. The number of rotatable bonds is 2. The van der Waals surface area contributed by atoms with Gasteiger partial charge in [0.25, 0.3) is 0 Å². The first-order valence-electron chi connectivity index (χ1n) is 11.0. The molecule has 3 aromatic rings. The molecule has 0 amide bonds. The second kappa shape index (κ2) is 7.55. The lowest BCUT2D eigenvalue weighted by Gasteiger charge is -2.32. The van der Waals surface area contributed by atoms with E-state index in [4.69, 9.17) is 9.72 Å². The van der Waals surface area contributed by atoms with Crippen molar-refractivity contribution in [2.45, 2.75) is 25.7 Å². The molecule has 0 aromatic carbocycles. The Kier molecular flexibility index (Phi) is 4.69. The third-order valence-corrected chi connectivity index (χ3v) is 7.78. The van der Waals surface area contributed by atoms with Crippen molar-refractivity contribution in [1.29, 1.82) is 0 Å². The number of thiophene rings is 1. The summed E-state index contributed by atoms with van der Waals surface area (Å²) in [4.78, 5) is 13.4. The SMILES string of the molecule is CN1CCN(c2nnnc3c2sc2nc(N4CCOCC4)c4c(c23)CCCC4)CC1. The van der Waals surface area contributed by atoms with E-state index in [1.165, 1.54) is 35.2 Å². The van der Waals surface area contributed by atoms with E-state index >= 15 is 0 Å². The Labute approximate surface area is 179 Å². The Morgan fingerprint density at radius 1 is 0.833 bits per heavy atom.